The fourth-order valence-electron chi connectivity index (χ4n) is 2.16. The third-order valence-corrected chi connectivity index (χ3v) is 4.20. The molecule has 2 unspecified atom stereocenters. The summed E-state index contributed by atoms with van der Waals surface area (Å²) < 4.78 is 0. The van der Waals surface area contributed by atoms with Gasteiger partial charge in [0.1, 0.15) is 6.54 Å². The van der Waals surface area contributed by atoms with Gasteiger partial charge in [-0.2, -0.15) is 11.8 Å². The van der Waals surface area contributed by atoms with Crippen molar-refractivity contribution in [2.75, 3.05) is 19.3 Å². The molecule has 0 bridgehead atoms. The molecule has 0 aromatic heterocycles. The summed E-state index contributed by atoms with van der Waals surface area (Å²) in [5.41, 5.74) is 0. The summed E-state index contributed by atoms with van der Waals surface area (Å²) in [4.78, 5) is 23.9. The highest BCUT2D eigenvalue weighted by molar-refractivity contribution is 7.99. The van der Waals surface area contributed by atoms with Crippen LogP contribution in [0.1, 0.15) is 19.3 Å². The van der Waals surface area contributed by atoms with Gasteiger partial charge in [0.05, 0.1) is 0 Å². The maximum Gasteiger partial charge on any atom is 0.323 e. The molecule has 18 heavy (non-hydrogen) atoms. The summed E-state index contributed by atoms with van der Waals surface area (Å²) in [6.45, 7) is 3.48. The van der Waals surface area contributed by atoms with Gasteiger partial charge >= 0.3 is 12.0 Å². The van der Waals surface area contributed by atoms with Crippen LogP contribution < -0.4 is 5.32 Å². The van der Waals surface area contributed by atoms with Crippen LogP contribution in [0.3, 0.4) is 0 Å². The number of thioether (sulfide) groups is 1. The zero-order valence-corrected chi connectivity index (χ0v) is 11.4. The number of urea groups is 1. The van der Waals surface area contributed by atoms with Gasteiger partial charge < -0.3 is 15.3 Å². The quantitative estimate of drug-likeness (QED) is 0.720. The maximum absolute atomic E-state index is 12.0. The van der Waals surface area contributed by atoms with Gasteiger partial charge in [-0.1, -0.05) is 12.5 Å². The summed E-state index contributed by atoms with van der Waals surface area (Å²) in [5, 5.41) is 12.1. The number of rotatable bonds is 6. The van der Waals surface area contributed by atoms with Gasteiger partial charge in [0.15, 0.2) is 0 Å². The Morgan fingerprint density at radius 3 is 2.83 bits per heavy atom. The summed E-state index contributed by atoms with van der Waals surface area (Å²) in [7, 11) is 0. The lowest BCUT2D eigenvalue weighted by Gasteiger charge is -2.25. The molecule has 0 saturated heterocycles. The highest BCUT2D eigenvalue weighted by Crippen LogP contribution is 2.28. The lowest BCUT2D eigenvalue weighted by atomic mass is 10.2. The van der Waals surface area contributed by atoms with E-state index in [0.717, 1.165) is 19.3 Å². The van der Waals surface area contributed by atoms with E-state index in [1.54, 1.807) is 11.8 Å². The van der Waals surface area contributed by atoms with Crippen LogP contribution in [0.4, 0.5) is 4.79 Å². The first-order chi connectivity index (χ1) is 8.58. The molecular formula is C12H20N2O3S. The monoisotopic (exact) mass is 272 g/mol. The van der Waals surface area contributed by atoms with Crippen LogP contribution in [0.2, 0.25) is 0 Å². The van der Waals surface area contributed by atoms with Crippen molar-refractivity contribution >= 4 is 23.8 Å². The first-order valence-electron chi connectivity index (χ1n) is 5.99. The van der Waals surface area contributed by atoms with Crippen molar-refractivity contribution in [2.45, 2.75) is 30.6 Å². The minimum atomic E-state index is -1.01. The molecule has 0 radical (unpaired) electrons. The number of carbonyl (C=O) groups excluding carboxylic acids is 1. The average molecular weight is 272 g/mol. The van der Waals surface area contributed by atoms with Crippen LogP contribution in [0.5, 0.6) is 0 Å². The van der Waals surface area contributed by atoms with Gasteiger partial charge in [0.25, 0.3) is 0 Å². The van der Waals surface area contributed by atoms with E-state index in [1.807, 2.05) is 6.26 Å². The van der Waals surface area contributed by atoms with Crippen LogP contribution >= 0.6 is 11.8 Å². The van der Waals surface area contributed by atoms with Crippen molar-refractivity contribution in [3.05, 3.63) is 12.7 Å². The van der Waals surface area contributed by atoms with E-state index < -0.39 is 5.97 Å². The number of carboxylic acids is 1. The van der Waals surface area contributed by atoms with Crippen molar-refractivity contribution in [3.8, 4) is 0 Å². The predicted molar refractivity (Wildman–Crippen MR) is 72.9 cm³/mol. The minimum absolute atomic E-state index is 0.147. The normalized spacial score (nSPS) is 22.5. The Hall–Kier alpha value is -1.17. The van der Waals surface area contributed by atoms with Crippen molar-refractivity contribution < 1.29 is 14.7 Å². The van der Waals surface area contributed by atoms with Crippen LogP contribution in [0.15, 0.2) is 12.7 Å². The van der Waals surface area contributed by atoms with Crippen molar-refractivity contribution in [1.29, 1.82) is 0 Å². The lowest BCUT2D eigenvalue weighted by molar-refractivity contribution is -0.137. The molecule has 5 nitrogen and oxygen atoms in total. The third-order valence-electron chi connectivity index (χ3n) is 3.03. The molecule has 2 atom stereocenters. The second-order valence-corrected chi connectivity index (χ2v) is 5.40. The first-order valence-corrected chi connectivity index (χ1v) is 7.28. The molecule has 1 saturated carbocycles. The standard InChI is InChI=1S/C12H20N2O3S/c1-3-7-14(8-11(15)16)12(17)13-9-5-4-6-10(9)18-2/h3,9-10H,1,4-8H2,2H3,(H,13,17)(H,15,16). The molecule has 0 aliphatic heterocycles. The average Bonchev–Trinajstić information content (AvgIpc) is 2.75. The summed E-state index contributed by atoms with van der Waals surface area (Å²) in [6.07, 6.45) is 6.74. The molecule has 2 N–H and O–H groups in total. The Bertz CT molecular complexity index is 322. The molecule has 1 rings (SSSR count). The van der Waals surface area contributed by atoms with Crippen LogP contribution in [0.25, 0.3) is 0 Å². The number of hydrogen-bond donors (Lipinski definition) is 2. The molecule has 0 aromatic rings. The highest BCUT2D eigenvalue weighted by Gasteiger charge is 2.29. The van der Waals surface area contributed by atoms with Crippen LogP contribution in [0, 0.1) is 0 Å². The highest BCUT2D eigenvalue weighted by atomic mass is 32.2. The zero-order valence-electron chi connectivity index (χ0n) is 10.6. The van der Waals surface area contributed by atoms with Crippen LogP contribution in [-0.2, 0) is 4.79 Å². The minimum Gasteiger partial charge on any atom is -0.480 e. The Morgan fingerprint density at radius 2 is 2.28 bits per heavy atom. The number of carbonyl (C=O) groups is 2. The first kappa shape index (κ1) is 14.9. The number of aliphatic carboxylic acids is 1. The molecule has 1 aliphatic carbocycles. The van der Waals surface area contributed by atoms with Gasteiger partial charge in [-0.25, -0.2) is 4.79 Å². The smallest absolute Gasteiger partial charge is 0.323 e. The van der Waals surface area contributed by atoms with E-state index >= 15 is 0 Å². The summed E-state index contributed by atoms with van der Waals surface area (Å²) in [5.74, 6) is -1.01. The van der Waals surface area contributed by atoms with Gasteiger partial charge in [0.2, 0.25) is 0 Å². The number of hydrogen-bond acceptors (Lipinski definition) is 3. The largest absolute Gasteiger partial charge is 0.480 e. The zero-order chi connectivity index (χ0) is 13.5. The molecule has 102 valence electrons. The van der Waals surface area contributed by atoms with Gasteiger partial charge in [-0.05, 0) is 19.1 Å². The second kappa shape index (κ2) is 7.31. The van der Waals surface area contributed by atoms with E-state index in [-0.39, 0.29) is 25.2 Å². The summed E-state index contributed by atoms with van der Waals surface area (Å²) >= 11 is 1.75. The van der Waals surface area contributed by atoms with E-state index in [0.29, 0.717) is 5.25 Å². The van der Waals surface area contributed by atoms with Crippen molar-refractivity contribution in [3.63, 3.8) is 0 Å². The topological polar surface area (TPSA) is 69.6 Å². The molecule has 1 fully saturated rings. The Morgan fingerprint density at radius 1 is 1.56 bits per heavy atom. The van der Waals surface area contributed by atoms with Gasteiger partial charge in [-0.15, -0.1) is 6.58 Å². The Balaban J connectivity index is 2.54. The molecule has 0 aromatic carbocycles. The Kier molecular flexibility index (Phi) is 6.04. The number of nitrogens with one attached hydrogen (secondary N) is 1. The van der Waals surface area contributed by atoms with Gasteiger partial charge in [-0.3, -0.25) is 4.79 Å². The van der Waals surface area contributed by atoms with E-state index in [4.69, 9.17) is 5.11 Å². The maximum atomic E-state index is 12.0. The number of nitrogens with zero attached hydrogens (tertiary/aromatic N) is 1. The fraction of sp³-hybridized carbons (Fsp3) is 0.667. The van der Waals surface area contributed by atoms with E-state index in [9.17, 15) is 9.59 Å². The fourth-order valence-corrected chi connectivity index (χ4v) is 3.10. The van der Waals surface area contributed by atoms with E-state index in [1.165, 1.54) is 11.0 Å². The lowest BCUT2D eigenvalue weighted by Crippen LogP contribution is -2.48. The molecule has 1 aliphatic rings. The predicted octanol–water partition coefficient (Wildman–Crippen LogP) is 1.55. The molecule has 2 amide bonds. The number of carboxylic acid groups (broad SMARTS) is 1. The molecule has 6 heteroatoms. The third kappa shape index (κ3) is 4.25. The van der Waals surface area contributed by atoms with Gasteiger partial charge in [0, 0.05) is 17.8 Å². The van der Waals surface area contributed by atoms with Crippen LogP contribution in [-0.4, -0.2) is 52.6 Å². The van der Waals surface area contributed by atoms with Crippen molar-refractivity contribution in [1.82, 2.24) is 10.2 Å². The summed E-state index contributed by atoms with van der Waals surface area (Å²) in [6, 6.07) is -0.170. The Labute approximate surface area is 112 Å². The van der Waals surface area contributed by atoms with E-state index in [2.05, 4.69) is 11.9 Å². The molecular weight excluding hydrogens is 252 g/mol. The molecule has 0 heterocycles. The second-order valence-electron chi connectivity index (χ2n) is 4.32. The SMILES string of the molecule is C=CCN(CC(=O)O)C(=O)NC1CCCC1SC. The number of amides is 2. The van der Waals surface area contributed by atoms with Crippen molar-refractivity contribution in [2.24, 2.45) is 0 Å². The molecule has 0 spiro atoms.